The Morgan fingerprint density at radius 1 is 1.06 bits per heavy atom. The average Bonchev–Trinajstić information content (AvgIpc) is 2.83. The van der Waals surface area contributed by atoms with Crippen LogP contribution in [0.1, 0.15) is 26.2 Å². The van der Waals surface area contributed by atoms with E-state index >= 15 is 0 Å². The van der Waals surface area contributed by atoms with Crippen molar-refractivity contribution < 1.29 is 63.5 Å². The highest BCUT2D eigenvalue weighted by atomic mass is 16.8. The minimum absolute atomic E-state index is 0.202. The van der Waals surface area contributed by atoms with E-state index in [1.54, 1.807) is 0 Å². The van der Waals surface area contributed by atoms with Gasteiger partial charge in [-0.15, -0.1) is 0 Å². The van der Waals surface area contributed by atoms with Gasteiger partial charge in [0.2, 0.25) is 0 Å². The molecule has 0 unspecified atom stereocenters. The first-order chi connectivity index (χ1) is 16.7. The van der Waals surface area contributed by atoms with E-state index in [2.05, 4.69) is 0 Å². The predicted octanol–water partition coefficient (Wildman–Crippen LogP) is -2.73. The monoisotopic (exact) mass is 511 g/mol. The molecule has 14 nitrogen and oxygen atoms in total. The van der Waals surface area contributed by atoms with Gasteiger partial charge in [-0.25, -0.2) is 4.79 Å². The summed E-state index contributed by atoms with van der Waals surface area (Å²) in [6, 6.07) is 0. The molecular weight excluding hydrogens is 474 g/mol. The molecule has 3 aliphatic heterocycles. The van der Waals surface area contributed by atoms with Gasteiger partial charge in [0.1, 0.15) is 48.8 Å². The number of unbranched alkanes of at least 4 members (excludes halogenated alkanes) is 2. The maximum atomic E-state index is 11.5. The molecule has 0 spiro atoms. The van der Waals surface area contributed by atoms with Crippen LogP contribution < -0.4 is 5.73 Å². The summed E-state index contributed by atoms with van der Waals surface area (Å²) in [4.78, 5) is 11.5. The maximum Gasteiger partial charge on any atom is 0.364 e. The highest BCUT2D eigenvalue weighted by molar-refractivity contribution is 5.75. The third kappa shape index (κ3) is 6.29. The lowest BCUT2D eigenvalue weighted by Gasteiger charge is -2.50. The highest BCUT2D eigenvalue weighted by Gasteiger charge is 2.56. The van der Waals surface area contributed by atoms with Crippen molar-refractivity contribution in [1.82, 2.24) is 0 Å². The molecule has 0 amide bonds. The molecule has 3 fully saturated rings. The van der Waals surface area contributed by atoms with Crippen molar-refractivity contribution in [3.8, 4) is 0 Å². The second kappa shape index (κ2) is 12.5. The molecule has 0 aliphatic carbocycles. The lowest BCUT2D eigenvalue weighted by molar-refractivity contribution is -0.398. The Labute approximate surface area is 202 Å². The number of aliphatic hydroxyl groups excluding tert-OH is 4. The molecule has 3 rings (SSSR count). The third-order valence-electron chi connectivity index (χ3n) is 6.40. The second-order valence-corrected chi connectivity index (χ2v) is 8.91. The summed E-state index contributed by atoms with van der Waals surface area (Å²) in [7, 11) is 1.30. The highest BCUT2D eigenvalue weighted by Crippen LogP contribution is 2.36. The van der Waals surface area contributed by atoms with Gasteiger partial charge in [-0.2, -0.15) is 0 Å². The van der Waals surface area contributed by atoms with Crippen LogP contribution in [0.4, 0.5) is 0 Å². The van der Waals surface area contributed by atoms with Crippen molar-refractivity contribution in [2.24, 2.45) is 5.73 Å². The number of ether oxygens (including phenoxy) is 7. The maximum absolute atomic E-state index is 11.5. The number of rotatable bonds is 11. The van der Waals surface area contributed by atoms with Gasteiger partial charge in [0.25, 0.3) is 5.79 Å². The van der Waals surface area contributed by atoms with Gasteiger partial charge in [0, 0.05) is 20.6 Å². The molecule has 0 saturated carbocycles. The van der Waals surface area contributed by atoms with Crippen LogP contribution in [0.25, 0.3) is 0 Å². The van der Waals surface area contributed by atoms with E-state index in [0.29, 0.717) is 13.0 Å². The fourth-order valence-corrected chi connectivity index (χ4v) is 4.33. The fourth-order valence-electron chi connectivity index (χ4n) is 4.33. The van der Waals surface area contributed by atoms with Crippen molar-refractivity contribution in [3.05, 3.63) is 0 Å². The molecule has 35 heavy (non-hydrogen) atoms. The number of fused-ring (bicyclic) bond motifs is 1. The molecule has 0 radical (unpaired) electrons. The van der Waals surface area contributed by atoms with Gasteiger partial charge in [-0.1, -0.05) is 0 Å². The topological polar surface area (TPSA) is 209 Å². The zero-order valence-corrected chi connectivity index (χ0v) is 19.8. The number of aliphatic carboxylic acids is 1. The Bertz CT molecular complexity index is 686. The van der Waals surface area contributed by atoms with Gasteiger partial charge in [0.15, 0.2) is 12.6 Å². The van der Waals surface area contributed by atoms with Crippen LogP contribution in [0.3, 0.4) is 0 Å². The van der Waals surface area contributed by atoms with Crippen molar-refractivity contribution in [2.75, 3.05) is 33.5 Å². The van der Waals surface area contributed by atoms with Crippen molar-refractivity contribution in [1.29, 1.82) is 0 Å². The molecule has 0 aromatic rings. The van der Waals surface area contributed by atoms with Crippen LogP contribution in [0.15, 0.2) is 0 Å². The Kier molecular flexibility index (Phi) is 10.2. The number of carboxylic acids is 1. The molecule has 0 aromatic heterocycles. The van der Waals surface area contributed by atoms with Gasteiger partial charge in [0.05, 0.1) is 13.2 Å². The van der Waals surface area contributed by atoms with E-state index < -0.39 is 79.8 Å². The molecule has 14 heteroatoms. The number of aliphatic hydroxyl groups is 4. The number of hydrogen-bond acceptors (Lipinski definition) is 13. The zero-order chi connectivity index (χ0) is 25.8. The molecule has 3 heterocycles. The summed E-state index contributed by atoms with van der Waals surface area (Å²) in [5.74, 6) is -3.30. The van der Waals surface area contributed by atoms with E-state index in [0.717, 1.165) is 12.8 Å². The smallest absolute Gasteiger partial charge is 0.364 e. The van der Waals surface area contributed by atoms with E-state index in [1.165, 1.54) is 14.0 Å². The van der Waals surface area contributed by atoms with Gasteiger partial charge in [-0.3, -0.25) is 0 Å². The molecule has 7 N–H and O–H groups in total. The van der Waals surface area contributed by atoms with E-state index in [-0.39, 0.29) is 13.2 Å². The molecular formula is C21H37NO13. The minimum Gasteiger partial charge on any atom is -0.477 e. The lowest BCUT2D eigenvalue weighted by atomic mass is 9.95. The van der Waals surface area contributed by atoms with Gasteiger partial charge in [-0.05, 0) is 25.8 Å². The first kappa shape index (κ1) is 28.6. The van der Waals surface area contributed by atoms with E-state index in [4.69, 9.17) is 38.9 Å². The summed E-state index contributed by atoms with van der Waals surface area (Å²) in [5, 5.41) is 51.3. The second-order valence-electron chi connectivity index (χ2n) is 8.91. The van der Waals surface area contributed by atoms with Crippen LogP contribution >= 0.6 is 0 Å². The Balaban J connectivity index is 1.69. The first-order valence-electron chi connectivity index (χ1n) is 11.7. The summed E-state index contributed by atoms with van der Waals surface area (Å²) >= 11 is 0. The molecule has 3 aliphatic rings. The molecule has 0 bridgehead atoms. The summed E-state index contributed by atoms with van der Waals surface area (Å²) < 4.78 is 38.9. The van der Waals surface area contributed by atoms with Gasteiger partial charge < -0.3 is 64.4 Å². The van der Waals surface area contributed by atoms with E-state index in [9.17, 15) is 30.3 Å². The first-order valence-corrected chi connectivity index (χ1v) is 11.7. The number of methoxy groups -OCH3 is 1. The minimum atomic E-state index is -1.95. The Morgan fingerprint density at radius 3 is 2.40 bits per heavy atom. The molecule has 11 atom stereocenters. The van der Waals surface area contributed by atoms with Crippen LogP contribution in [0.5, 0.6) is 0 Å². The molecule has 0 aromatic carbocycles. The number of hydrogen-bond donors (Lipinski definition) is 6. The summed E-state index contributed by atoms with van der Waals surface area (Å²) in [5.41, 5.74) is 5.47. The summed E-state index contributed by atoms with van der Waals surface area (Å²) in [6.07, 6.45) is -10.2. The molecule has 204 valence electrons. The predicted molar refractivity (Wildman–Crippen MR) is 114 cm³/mol. The normalized spacial score (nSPS) is 44.1. The van der Waals surface area contributed by atoms with Gasteiger partial charge >= 0.3 is 5.97 Å². The largest absolute Gasteiger partial charge is 0.477 e. The van der Waals surface area contributed by atoms with Crippen LogP contribution in [0, 0.1) is 0 Å². The van der Waals surface area contributed by atoms with Crippen LogP contribution in [0.2, 0.25) is 0 Å². The zero-order valence-electron chi connectivity index (χ0n) is 19.8. The average molecular weight is 512 g/mol. The number of carboxylic acid groups (broad SMARTS) is 1. The standard InChI is InChI=1S/C21H37NO13/c1-21(20(27)28)31-9-11-15(35-21)17(29-2)14(26)19(33-11)34-16-12(24)10(8-23)32-18(13(16)25)30-7-5-3-4-6-22/h10-19,23-26H,3-9,22H2,1-2H3,(H,27,28)/t10-,11-,12-,13-,14-,15-,16+,17-,18-,19+,21+/m1/s1. The fraction of sp³-hybridized carbons (Fsp3) is 0.952. The SMILES string of the molecule is CO[C@@H]1[C@@H](O)[C@H](O[C@@H]2[C@@H](O)[C@H](OCCCCCN)O[C@H](CO)[C@H]2O)O[C@@H]2CO[C@](C)(C(=O)O)O[C@@H]12. The number of carbonyl (C=O) groups is 1. The quantitative estimate of drug-likeness (QED) is 0.156. The molecule has 3 saturated heterocycles. The van der Waals surface area contributed by atoms with Crippen LogP contribution in [-0.4, -0.2) is 132 Å². The van der Waals surface area contributed by atoms with E-state index in [1.807, 2.05) is 0 Å². The van der Waals surface area contributed by atoms with Crippen molar-refractivity contribution >= 4 is 5.97 Å². The van der Waals surface area contributed by atoms with Crippen LogP contribution in [-0.2, 0) is 38.0 Å². The van der Waals surface area contributed by atoms with Crippen molar-refractivity contribution in [3.63, 3.8) is 0 Å². The summed E-state index contributed by atoms with van der Waals surface area (Å²) in [6.45, 7) is 1.25. The number of nitrogens with two attached hydrogens (primary N) is 1. The third-order valence-corrected chi connectivity index (χ3v) is 6.40. The van der Waals surface area contributed by atoms with Crippen molar-refractivity contribution in [2.45, 2.75) is 93.4 Å². The lowest BCUT2D eigenvalue weighted by Crippen LogP contribution is -2.68. The Hall–Kier alpha value is -1.01. The Morgan fingerprint density at radius 2 is 1.77 bits per heavy atom.